The first-order valence-electron chi connectivity index (χ1n) is 12.0. The maximum atomic E-state index is 13.7. The maximum Gasteiger partial charge on any atom is 0.200 e. The van der Waals surface area contributed by atoms with E-state index in [1.165, 1.54) is 9.80 Å². The molecule has 2 aromatic rings. The lowest BCUT2D eigenvalue weighted by molar-refractivity contribution is 0.287. The zero-order valence-electron chi connectivity index (χ0n) is 23.0. The second-order valence-corrected chi connectivity index (χ2v) is 9.78. The fourth-order valence-corrected chi connectivity index (χ4v) is 4.11. The molecule has 0 atom stereocenters. The summed E-state index contributed by atoms with van der Waals surface area (Å²) in [4.78, 5) is 2.52. The highest BCUT2D eigenvalue weighted by molar-refractivity contribution is 5.98. The number of amidine groups is 2. The number of halogens is 10. The number of benzene rings is 2. The third-order valence-electron chi connectivity index (χ3n) is 5.63. The van der Waals surface area contributed by atoms with Crippen molar-refractivity contribution in [1.82, 2.24) is 9.80 Å². The molecule has 4 nitrogen and oxygen atoms in total. The standard InChI is InChI=1S/2C13H15F5N2/c2*1-5(2)20(6(3)4)13(19)7-8(14)10(16)12(18)11(17)9(7)15/h2*5-6,19H,1-4H3. The van der Waals surface area contributed by atoms with Crippen LogP contribution in [0.15, 0.2) is 0 Å². The normalized spacial score (nSPS) is 11.3. The molecule has 14 heteroatoms. The van der Waals surface area contributed by atoms with Gasteiger partial charge in [-0.3, -0.25) is 10.8 Å². The Morgan fingerprint density at radius 3 is 0.675 bits per heavy atom. The smallest absolute Gasteiger partial charge is 0.200 e. The van der Waals surface area contributed by atoms with Gasteiger partial charge < -0.3 is 9.80 Å². The van der Waals surface area contributed by atoms with Gasteiger partial charge in [-0.1, -0.05) is 0 Å². The van der Waals surface area contributed by atoms with Gasteiger partial charge in [0.1, 0.15) is 11.7 Å². The van der Waals surface area contributed by atoms with Gasteiger partial charge in [-0.25, -0.2) is 43.9 Å². The summed E-state index contributed by atoms with van der Waals surface area (Å²) < 4.78 is 133. The first kappa shape index (κ1) is 34.7. The van der Waals surface area contributed by atoms with Crippen molar-refractivity contribution in [2.75, 3.05) is 0 Å². The maximum absolute atomic E-state index is 13.7. The lowest BCUT2D eigenvalue weighted by Crippen LogP contribution is -2.43. The van der Waals surface area contributed by atoms with Gasteiger partial charge in [0.2, 0.25) is 11.6 Å². The Bertz CT molecular complexity index is 1100. The van der Waals surface area contributed by atoms with Crippen LogP contribution in [0.4, 0.5) is 43.9 Å². The highest BCUT2D eigenvalue weighted by Crippen LogP contribution is 2.27. The molecule has 2 rings (SSSR count). The van der Waals surface area contributed by atoms with Gasteiger partial charge in [0, 0.05) is 24.2 Å². The first-order valence-corrected chi connectivity index (χ1v) is 12.0. The minimum Gasteiger partial charge on any atom is -0.352 e. The summed E-state index contributed by atoms with van der Waals surface area (Å²) in [7, 11) is 0. The van der Waals surface area contributed by atoms with Gasteiger partial charge in [-0.15, -0.1) is 0 Å². The van der Waals surface area contributed by atoms with Crippen LogP contribution < -0.4 is 0 Å². The lowest BCUT2D eigenvalue weighted by atomic mass is 10.1. The molecule has 0 fully saturated rings. The van der Waals surface area contributed by atoms with Crippen molar-refractivity contribution in [2.24, 2.45) is 0 Å². The zero-order valence-corrected chi connectivity index (χ0v) is 23.0. The average molecular weight is 589 g/mol. The molecule has 0 saturated heterocycles. The number of rotatable bonds is 6. The summed E-state index contributed by atoms with van der Waals surface area (Å²) in [6.07, 6.45) is 0. The van der Waals surface area contributed by atoms with Crippen molar-refractivity contribution in [1.29, 1.82) is 10.8 Å². The minimum absolute atomic E-state index is 0.336. The molecule has 0 aliphatic carbocycles. The molecule has 0 aliphatic heterocycles. The Balaban J connectivity index is 0.000000400. The van der Waals surface area contributed by atoms with Crippen molar-refractivity contribution in [3.05, 3.63) is 69.3 Å². The van der Waals surface area contributed by atoms with E-state index < -0.39 is 81.0 Å². The highest BCUT2D eigenvalue weighted by atomic mass is 19.2. The average Bonchev–Trinajstić information content (AvgIpc) is 2.83. The third kappa shape index (κ3) is 6.69. The Morgan fingerprint density at radius 1 is 0.375 bits per heavy atom. The number of nitrogens with zero attached hydrogens (tertiary/aromatic N) is 2. The molecule has 0 heterocycles. The summed E-state index contributed by atoms with van der Waals surface area (Å²) in [6, 6.07) is -1.34. The summed E-state index contributed by atoms with van der Waals surface area (Å²) in [5.74, 6) is -22.1. The Kier molecular flexibility index (Phi) is 11.6. The van der Waals surface area contributed by atoms with Gasteiger partial charge in [0.15, 0.2) is 46.5 Å². The molecule has 2 aromatic carbocycles. The fraction of sp³-hybridized carbons (Fsp3) is 0.462. The molecule has 0 aromatic heterocycles. The topological polar surface area (TPSA) is 54.2 Å². The molecular weight excluding hydrogens is 558 g/mol. The monoisotopic (exact) mass is 588 g/mol. The second-order valence-electron chi connectivity index (χ2n) is 9.78. The lowest BCUT2D eigenvalue weighted by Gasteiger charge is -2.33. The minimum atomic E-state index is -2.22. The molecule has 0 unspecified atom stereocenters. The fourth-order valence-electron chi connectivity index (χ4n) is 4.11. The molecular formula is C26H30F10N4. The predicted octanol–water partition coefficient (Wildman–Crippen LogP) is 7.65. The predicted molar refractivity (Wildman–Crippen MR) is 130 cm³/mol. The molecule has 40 heavy (non-hydrogen) atoms. The first-order chi connectivity index (χ1) is 18.2. The van der Waals surface area contributed by atoms with Gasteiger partial charge >= 0.3 is 0 Å². The van der Waals surface area contributed by atoms with Crippen LogP contribution in [-0.4, -0.2) is 45.6 Å². The van der Waals surface area contributed by atoms with Crippen LogP contribution in [0, 0.1) is 69.0 Å². The van der Waals surface area contributed by atoms with Crippen molar-refractivity contribution < 1.29 is 43.9 Å². The molecule has 2 N–H and O–H groups in total. The van der Waals surface area contributed by atoms with Crippen molar-refractivity contribution in [2.45, 2.75) is 79.6 Å². The van der Waals surface area contributed by atoms with Crippen LogP contribution in [0.2, 0.25) is 0 Å². The Morgan fingerprint density at radius 2 is 0.525 bits per heavy atom. The quantitative estimate of drug-likeness (QED) is 0.120. The molecule has 0 bridgehead atoms. The zero-order chi connectivity index (χ0) is 31.5. The summed E-state index contributed by atoms with van der Waals surface area (Å²) in [6.45, 7) is 13.2. The highest BCUT2D eigenvalue weighted by Gasteiger charge is 2.33. The largest absolute Gasteiger partial charge is 0.352 e. The number of hydrogen-bond donors (Lipinski definition) is 2. The summed E-state index contributed by atoms with van der Waals surface area (Å²) >= 11 is 0. The number of nitrogens with one attached hydrogen (secondary N) is 2. The van der Waals surface area contributed by atoms with E-state index in [9.17, 15) is 43.9 Å². The molecule has 0 saturated carbocycles. The molecule has 224 valence electrons. The Hall–Kier alpha value is -3.32. The summed E-state index contributed by atoms with van der Waals surface area (Å²) in [5, 5.41) is 15.6. The van der Waals surface area contributed by atoms with Crippen LogP contribution in [-0.2, 0) is 0 Å². The number of hydrogen-bond acceptors (Lipinski definition) is 2. The van der Waals surface area contributed by atoms with Crippen LogP contribution in [0.3, 0.4) is 0 Å². The van der Waals surface area contributed by atoms with E-state index in [1.54, 1.807) is 55.4 Å². The van der Waals surface area contributed by atoms with E-state index in [0.717, 1.165) is 0 Å². The van der Waals surface area contributed by atoms with Gasteiger partial charge in [0.25, 0.3) is 0 Å². The van der Waals surface area contributed by atoms with Crippen LogP contribution >= 0.6 is 0 Å². The van der Waals surface area contributed by atoms with Crippen LogP contribution in [0.5, 0.6) is 0 Å². The molecule has 0 spiro atoms. The van der Waals surface area contributed by atoms with Crippen molar-refractivity contribution >= 4 is 11.7 Å². The van der Waals surface area contributed by atoms with Crippen LogP contribution in [0.25, 0.3) is 0 Å². The second kappa shape index (κ2) is 13.4. The molecule has 0 aliphatic rings. The van der Waals surface area contributed by atoms with E-state index in [1.807, 2.05) is 0 Å². The van der Waals surface area contributed by atoms with Gasteiger partial charge in [0.05, 0.1) is 11.1 Å². The Labute approximate surface area is 225 Å². The van der Waals surface area contributed by atoms with Gasteiger partial charge in [-0.2, -0.15) is 0 Å². The molecule has 0 amide bonds. The van der Waals surface area contributed by atoms with E-state index in [0.29, 0.717) is 0 Å². The van der Waals surface area contributed by atoms with E-state index in [2.05, 4.69) is 0 Å². The van der Waals surface area contributed by atoms with Gasteiger partial charge in [-0.05, 0) is 55.4 Å². The summed E-state index contributed by atoms with van der Waals surface area (Å²) in [5.41, 5.74) is -2.41. The van der Waals surface area contributed by atoms with Crippen molar-refractivity contribution in [3.63, 3.8) is 0 Å². The van der Waals surface area contributed by atoms with E-state index in [-0.39, 0.29) is 24.2 Å². The van der Waals surface area contributed by atoms with Crippen LogP contribution in [0.1, 0.15) is 66.5 Å². The van der Waals surface area contributed by atoms with E-state index in [4.69, 9.17) is 10.8 Å². The van der Waals surface area contributed by atoms with Crippen molar-refractivity contribution in [3.8, 4) is 0 Å². The third-order valence-corrected chi connectivity index (χ3v) is 5.63. The van der Waals surface area contributed by atoms with E-state index >= 15 is 0 Å². The molecule has 0 radical (unpaired) electrons. The SMILES string of the molecule is CC(C)N(C(=N)c1c(F)c(F)c(F)c(F)c1F)C(C)C.CC(C)N(C(=N)c1c(F)c(F)c(F)c(F)c1F)C(C)C.